The molecule has 0 saturated carbocycles. The summed E-state index contributed by atoms with van der Waals surface area (Å²) in [5.74, 6) is 0. The molecule has 2 saturated heterocycles. The van der Waals surface area contributed by atoms with Gasteiger partial charge in [0.1, 0.15) is 55.4 Å². The van der Waals surface area contributed by atoms with E-state index in [0.29, 0.717) is 25.9 Å². The number of hydrogen-bond acceptors (Lipinski definition) is 13. The largest absolute Gasteiger partial charge is 0.445 e. The van der Waals surface area contributed by atoms with Gasteiger partial charge in [-0.15, -0.1) is 0 Å². The standard InChI is InChI=1S/C67H75NO13/c69-59-57(48-72-42-51-27-11-2-12-28-51)79-66(62(60(59)70)75-44-53-31-15-4-16-32-53)81-61-58(49-73-43-52-29-13-3-14-30-52)80-65(64(77-46-55-35-19-6-20-36-55)63(61)76-45-54-33-17-5-18-34-54)74-40-24-8-23-39-68(41-50-25-9-1-10-26-50)67(71)78-47-56-37-21-7-22-38-56/h1-7,9-22,25-38,57-66,69-70H,8,23-24,39-49H2/t57-,58-,59+,60+,61-,62-,63+,64-,65-,66+/m1/s1. The first-order chi connectivity index (χ1) is 39.9. The minimum Gasteiger partial charge on any atom is -0.445 e. The zero-order valence-electron chi connectivity index (χ0n) is 45.7. The zero-order chi connectivity index (χ0) is 55.7. The highest BCUT2D eigenvalue weighted by molar-refractivity contribution is 5.67. The lowest BCUT2D eigenvalue weighted by Crippen LogP contribution is -2.66. The van der Waals surface area contributed by atoms with Crippen LogP contribution in [0.1, 0.15) is 58.2 Å². The summed E-state index contributed by atoms with van der Waals surface area (Å²) in [5.41, 5.74) is 6.52. The van der Waals surface area contributed by atoms with Crippen molar-refractivity contribution in [3.63, 3.8) is 0 Å². The normalized spacial score (nSPS) is 22.7. The van der Waals surface area contributed by atoms with E-state index in [0.717, 1.165) is 45.4 Å². The second kappa shape index (κ2) is 32.1. The highest BCUT2D eigenvalue weighted by Crippen LogP contribution is 2.35. The fraction of sp³-hybridized carbons (Fsp3) is 0.358. The van der Waals surface area contributed by atoms with Crippen LogP contribution in [0.25, 0.3) is 0 Å². The monoisotopic (exact) mass is 1100 g/mol. The van der Waals surface area contributed by atoms with Crippen molar-refractivity contribution in [3.8, 4) is 0 Å². The summed E-state index contributed by atoms with van der Waals surface area (Å²) < 4.78 is 66.6. The Kier molecular flexibility index (Phi) is 23.4. The fourth-order valence-electron chi connectivity index (χ4n) is 9.83. The van der Waals surface area contributed by atoms with E-state index in [2.05, 4.69) is 0 Å². The molecule has 426 valence electrons. The molecule has 2 aliphatic rings. The summed E-state index contributed by atoms with van der Waals surface area (Å²) in [6.45, 7) is 2.32. The lowest BCUT2D eigenvalue weighted by Gasteiger charge is -2.49. The molecular weight excluding hydrogens is 1030 g/mol. The first-order valence-corrected chi connectivity index (χ1v) is 28.1. The molecule has 10 atom stereocenters. The smallest absolute Gasteiger partial charge is 0.410 e. The third kappa shape index (κ3) is 18.4. The molecule has 1 amide bonds. The van der Waals surface area contributed by atoms with Gasteiger partial charge in [-0.25, -0.2) is 4.79 Å². The van der Waals surface area contributed by atoms with Crippen LogP contribution in [0.3, 0.4) is 0 Å². The Morgan fingerprint density at radius 2 is 0.802 bits per heavy atom. The van der Waals surface area contributed by atoms with Crippen molar-refractivity contribution >= 4 is 6.09 Å². The minimum absolute atomic E-state index is 0.0324. The highest BCUT2D eigenvalue weighted by Gasteiger charge is 2.53. The van der Waals surface area contributed by atoms with Crippen LogP contribution in [0.5, 0.6) is 0 Å². The van der Waals surface area contributed by atoms with Crippen molar-refractivity contribution in [3.05, 3.63) is 251 Å². The summed E-state index contributed by atoms with van der Waals surface area (Å²) in [4.78, 5) is 15.3. The maximum Gasteiger partial charge on any atom is 0.410 e. The van der Waals surface area contributed by atoms with Gasteiger partial charge in [-0.05, 0) is 58.2 Å². The van der Waals surface area contributed by atoms with Crippen LogP contribution in [0.15, 0.2) is 212 Å². The van der Waals surface area contributed by atoms with Crippen LogP contribution >= 0.6 is 0 Å². The molecule has 2 aliphatic heterocycles. The number of hydrogen-bond donors (Lipinski definition) is 2. The second-order valence-electron chi connectivity index (χ2n) is 20.3. The van der Waals surface area contributed by atoms with Crippen LogP contribution in [0.2, 0.25) is 0 Å². The number of carbonyl (C=O) groups excluding carboxylic acids is 1. The summed E-state index contributed by atoms with van der Waals surface area (Å²) in [6, 6.07) is 68.4. The van der Waals surface area contributed by atoms with Crippen molar-refractivity contribution in [1.29, 1.82) is 0 Å². The zero-order valence-corrected chi connectivity index (χ0v) is 45.7. The van der Waals surface area contributed by atoms with Crippen LogP contribution < -0.4 is 0 Å². The quantitative estimate of drug-likeness (QED) is 0.0411. The third-order valence-corrected chi connectivity index (χ3v) is 14.2. The van der Waals surface area contributed by atoms with Crippen LogP contribution in [0, 0.1) is 0 Å². The van der Waals surface area contributed by atoms with Gasteiger partial charge in [0.2, 0.25) is 0 Å². The maximum absolute atomic E-state index is 13.6. The van der Waals surface area contributed by atoms with Gasteiger partial charge < -0.3 is 62.5 Å². The number of aliphatic hydroxyl groups is 2. The molecule has 2 fully saturated rings. The number of aliphatic hydroxyl groups excluding tert-OH is 2. The van der Waals surface area contributed by atoms with E-state index in [1.54, 1.807) is 4.90 Å². The number of nitrogens with zero attached hydrogens (tertiary/aromatic N) is 1. The molecule has 0 aromatic heterocycles. The van der Waals surface area contributed by atoms with Gasteiger partial charge >= 0.3 is 6.09 Å². The summed E-state index contributed by atoms with van der Waals surface area (Å²) in [7, 11) is 0. The van der Waals surface area contributed by atoms with E-state index >= 15 is 0 Å². The van der Waals surface area contributed by atoms with E-state index in [9.17, 15) is 15.0 Å². The molecule has 14 heteroatoms. The molecule has 0 radical (unpaired) electrons. The highest BCUT2D eigenvalue weighted by atomic mass is 16.8. The van der Waals surface area contributed by atoms with Crippen molar-refractivity contribution in [2.24, 2.45) is 0 Å². The van der Waals surface area contributed by atoms with E-state index in [-0.39, 0.29) is 65.6 Å². The number of unbranched alkanes of at least 4 members (excludes halogenated alkanes) is 2. The number of ether oxygens (including phenoxy) is 10. The minimum atomic E-state index is -1.45. The van der Waals surface area contributed by atoms with Crippen LogP contribution in [-0.2, 0) is 93.6 Å². The summed E-state index contributed by atoms with van der Waals surface area (Å²) in [5, 5.41) is 23.8. The third-order valence-electron chi connectivity index (χ3n) is 14.2. The van der Waals surface area contributed by atoms with E-state index in [4.69, 9.17) is 47.4 Å². The molecule has 9 rings (SSSR count). The van der Waals surface area contributed by atoms with Gasteiger partial charge in [0.25, 0.3) is 0 Å². The first kappa shape index (κ1) is 59.0. The second-order valence-corrected chi connectivity index (χ2v) is 20.3. The average Bonchev–Trinajstić information content (AvgIpc) is 3.60. The van der Waals surface area contributed by atoms with Gasteiger partial charge in [0.15, 0.2) is 12.6 Å². The molecule has 2 N–H and O–H groups in total. The fourth-order valence-corrected chi connectivity index (χ4v) is 9.83. The molecular formula is C67H75NO13. The molecule has 0 spiro atoms. The maximum atomic E-state index is 13.6. The Bertz CT molecular complexity index is 2810. The van der Waals surface area contributed by atoms with E-state index in [1.165, 1.54) is 0 Å². The molecule has 0 aliphatic carbocycles. The average molecular weight is 1100 g/mol. The summed E-state index contributed by atoms with van der Waals surface area (Å²) >= 11 is 0. The molecule has 7 aromatic rings. The molecule has 0 unspecified atom stereocenters. The Hall–Kier alpha value is -6.63. The Morgan fingerprint density at radius 3 is 1.30 bits per heavy atom. The lowest BCUT2D eigenvalue weighted by atomic mass is 9.96. The Balaban J connectivity index is 0.973. The topological polar surface area (TPSA) is 153 Å². The van der Waals surface area contributed by atoms with Gasteiger partial charge in [-0.2, -0.15) is 0 Å². The van der Waals surface area contributed by atoms with Crippen LogP contribution in [0.4, 0.5) is 4.79 Å². The Labute approximate surface area is 476 Å². The van der Waals surface area contributed by atoms with Crippen molar-refractivity contribution < 1.29 is 62.4 Å². The predicted octanol–water partition coefficient (Wildman–Crippen LogP) is 10.8. The number of carbonyl (C=O) groups is 1. The summed E-state index contributed by atoms with van der Waals surface area (Å²) in [6.07, 6.45) is -9.27. The van der Waals surface area contributed by atoms with E-state index in [1.807, 2.05) is 212 Å². The Morgan fingerprint density at radius 1 is 0.395 bits per heavy atom. The van der Waals surface area contributed by atoms with Crippen molar-refractivity contribution in [1.82, 2.24) is 4.90 Å². The SMILES string of the molecule is O=C(OCc1ccccc1)N(CCCCCO[C@@H]1O[C@H](COCc2ccccc2)[C@@H](O[C@@H]2O[C@H](COCc3ccccc3)[C@H](O)[C@H](O)[C@H]2OCc2ccccc2)[C@H](OCc2ccccc2)[C@H]1OCc1ccccc1)Cc1ccccc1. The predicted molar refractivity (Wildman–Crippen MR) is 305 cm³/mol. The molecule has 7 aromatic carbocycles. The van der Waals surface area contributed by atoms with Crippen molar-refractivity contribution in [2.75, 3.05) is 26.4 Å². The first-order valence-electron chi connectivity index (χ1n) is 28.1. The van der Waals surface area contributed by atoms with Gasteiger partial charge in [-0.1, -0.05) is 212 Å². The van der Waals surface area contributed by atoms with Crippen molar-refractivity contribution in [2.45, 2.75) is 127 Å². The van der Waals surface area contributed by atoms with E-state index < -0.39 is 61.4 Å². The molecule has 14 nitrogen and oxygen atoms in total. The van der Waals surface area contributed by atoms with Gasteiger partial charge in [0, 0.05) is 19.7 Å². The molecule has 2 heterocycles. The van der Waals surface area contributed by atoms with Crippen LogP contribution in [-0.4, -0.2) is 109 Å². The van der Waals surface area contributed by atoms with Gasteiger partial charge in [0.05, 0.1) is 46.2 Å². The number of rotatable bonds is 30. The lowest BCUT2D eigenvalue weighted by molar-refractivity contribution is -0.373. The number of benzene rings is 7. The molecule has 0 bridgehead atoms. The number of amides is 1. The van der Waals surface area contributed by atoms with Gasteiger partial charge in [-0.3, -0.25) is 0 Å². The molecule has 81 heavy (non-hydrogen) atoms.